The Labute approximate surface area is 141 Å². The molecule has 1 amide bonds. The zero-order valence-electron chi connectivity index (χ0n) is 13.5. The summed E-state index contributed by atoms with van der Waals surface area (Å²) in [6, 6.07) is 11.1. The maximum absolute atomic E-state index is 12.2. The first kappa shape index (κ1) is 14.9. The number of benzene rings is 1. The van der Waals surface area contributed by atoms with Crippen molar-refractivity contribution in [2.45, 2.75) is 44.1 Å². The van der Waals surface area contributed by atoms with Crippen molar-refractivity contribution < 1.29 is 4.79 Å². The Bertz CT molecular complexity index is 809. The highest BCUT2D eigenvalue weighted by atomic mass is 16.1. The number of rotatable bonds is 6. The number of nitrogens with zero attached hydrogens (tertiary/aromatic N) is 3. The molecule has 2 aliphatic rings. The van der Waals surface area contributed by atoms with Crippen molar-refractivity contribution in [3.63, 3.8) is 0 Å². The van der Waals surface area contributed by atoms with Gasteiger partial charge in [-0.3, -0.25) is 9.48 Å². The van der Waals surface area contributed by atoms with Crippen LogP contribution in [0.25, 0.3) is 0 Å². The van der Waals surface area contributed by atoms with E-state index in [0.29, 0.717) is 36.1 Å². The lowest BCUT2D eigenvalue weighted by atomic mass is 10.1. The molecule has 0 spiro atoms. The molecule has 2 aromatic rings. The second kappa shape index (κ2) is 6.12. The molecule has 24 heavy (non-hydrogen) atoms. The quantitative estimate of drug-likeness (QED) is 0.889. The molecule has 2 saturated carbocycles. The highest BCUT2D eigenvalue weighted by Crippen LogP contribution is 2.44. The molecule has 1 aromatic carbocycles. The molecule has 0 atom stereocenters. The largest absolute Gasteiger partial charge is 0.350 e. The summed E-state index contributed by atoms with van der Waals surface area (Å²) in [4.78, 5) is 12.2. The van der Waals surface area contributed by atoms with Crippen molar-refractivity contribution in [2.75, 3.05) is 6.54 Å². The minimum Gasteiger partial charge on any atom is -0.350 e. The van der Waals surface area contributed by atoms with Gasteiger partial charge in [0.15, 0.2) is 0 Å². The maximum Gasteiger partial charge on any atom is 0.251 e. The fourth-order valence-electron chi connectivity index (χ4n) is 3.02. The van der Waals surface area contributed by atoms with Crippen LogP contribution in [0.5, 0.6) is 0 Å². The van der Waals surface area contributed by atoms with E-state index in [4.69, 9.17) is 10.4 Å². The first-order chi connectivity index (χ1) is 11.7. The molecular weight excluding hydrogens is 300 g/mol. The Kier molecular flexibility index (Phi) is 3.81. The number of nitrogens with one attached hydrogen (secondary N) is 1. The van der Waals surface area contributed by atoms with Crippen LogP contribution in [-0.2, 0) is 6.54 Å². The maximum atomic E-state index is 12.2. The Morgan fingerprint density at radius 1 is 1.25 bits per heavy atom. The molecule has 1 aromatic heterocycles. The van der Waals surface area contributed by atoms with E-state index in [1.807, 2.05) is 0 Å². The predicted molar refractivity (Wildman–Crippen MR) is 89.7 cm³/mol. The van der Waals surface area contributed by atoms with Crippen molar-refractivity contribution in [3.8, 4) is 6.07 Å². The molecule has 5 heteroatoms. The highest BCUT2D eigenvalue weighted by molar-refractivity contribution is 5.94. The Morgan fingerprint density at radius 2 is 2.04 bits per heavy atom. The molecule has 4 rings (SSSR count). The van der Waals surface area contributed by atoms with Crippen LogP contribution in [-0.4, -0.2) is 22.2 Å². The van der Waals surface area contributed by atoms with Crippen molar-refractivity contribution in [1.29, 1.82) is 5.26 Å². The lowest BCUT2D eigenvalue weighted by Gasteiger charge is -2.08. The van der Waals surface area contributed by atoms with Crippen molar-refractivity contribution >= 4 is 5.91 Å². The van der Waals surface area contributed by atoms with Gasteiger partial charge < -0.3 is 5.32 Å². The molecule has 0 radical (unpaired) electrons. The molecule has 1 N–H and O–H groups in total. The van der Waals surface area contributed by atoms with Gasteiger partial charge >= 0.3 is 0 Å². The van der Waals surface area contributed by atoms with Crippen molar-refractivity contribution in [3.05, 3.63) is 52.8 Å². The van der Waals surface area contributed by atoms with Crippen LogP contribution >= 0.6 is 0 Å². The summed E-state index contributed by atoms with van der Waals surface area (Å²) in [6.45, 7) is 1.24. The van der Waals surface area contributed by atoms with E-state index in [2.05, 4.69) is 22.1 Å². The molecule has 2 aliphatic carbocycles. The summed E-state index contributed by atoms with van der Waals surface area (Å²) in [5.41, 5.74) is 3.58. The van der Waals surface area contributed by atoms with Crippen LogP contribution in [0.3, 0.4) is 0 Å². The van der Waals surface area contributed by atoms with Gasteiger partial charge in [-0.15, -0.1) is 0 Å². The molecule has 1 heterocycles. The molecule has 2 fully saturated rings. The zero-order valence-corrected chi connectivity index (χ0v) is 13.5. The summed E-state index contributed by atoms with van der Waals surface area (Å²) in [6.07, 6.45) is 5.02. The van der Waals surface area contributed by atoms with E-state index < -0.39 is 0 Å². The first-order valence-electron chi connectivity index (χ1n) is 8.60. The standard InChI is InChI=1S/C19H20N4O/c20-12-13-2-1-3-16(10-13)19(24)21-8-9-23-18(15-6-7-15)11-17(22-23)14-4-5-14/h1-3,10-11,14-15H,4-9H2,(H,21,24). The molecule has 0 aliphatic heterocycles. The van der Waals surface area contributed by atoms with E-state index in [0.717, 1.165) is 0 Å². The summed E-state index contributed by atoms with van der Waals surface area (Å²) in [5, 5.41) is 16.6. The number of hydrogen-bond acceptors (Lipinski definition) is 3. The average Bonchev–Trinajstić information content (AvgIpc) is 3.53. The molecule has 0 saturated heterocycles. The lowest BCUT2D eigenvalue weighted by Crippen LogP contribution is -2.28. The van der Waals surface area contributed by atoms with Crippen LogP contribution < -0.4 is 5.32 Å². The van der Waals surface area contributed by atoms with Gasteiger partial charge in [0.1, 0.15) is 0 Å². The van der Waals surface area contributed by atoms with E-state index in [-0.39, 0.29) is 5.91 Å². The Morgan fingerprint density at radius 3 is 2.75 bits per heavy atom. The smallest absolute Gasteiger partial charge is 0.251 e. The SMILES string of the molecule is N#Cc1cccc(C(=O)NCCn2nc(C3CC3)cc2C2CC2)c1. The summed E-state index contributed by atoms with van der Waals surface area (Å²) in [5.74, 6) is 1.18. The molecular formula is C19H20N4O. The van der Waals surface area contributed by atoms with Gasteiger partial charge in [-0.2, -0.15) is 10.4 Å². The van der Waals surface area contributed by atoms with Gasteiger partial charge in [0, 0.05) is 29.6 Å². The van der Waals surface area contributed by atoms with Gasteiger partial charge in [-0.1, -0.05) is 6.07 Å². The van der Waals surface area contributed by atoms with Gasteiger partial charge in [0.25, 0.3) is 5.91 Å². The molecule has 122 valence electrons. The first-order valence-corrected chi connectivity index (χ1v) is 8.60. The van der Waals surface area contributed by atoms with Gasteiger partial charge in [-0.05, 0) is 49.9 Å². The van der Waals surface area contributed by atoms with Gasteiger partial charge in [0.2, 0.25) is 0 Å². The van der Waals surface area contributed by atoms with Gasteiger partial charge in [0.05, 0.1) is 23.9 Å². The van der Waals surface area contributed by atoms with Crippen molar-refractivity contribution in [1.82, 2.24) is 15.1 Å². The van der Waals surface area contributed by atoms with Crippen LogP contribution in [0, 0.1) is 11.3 Å². The average molecular weight is 320 g/mol. The van der Waals surface area contributed by atoms with Crippen molar-refractivity contribution in [2.24, 2.45) is 0 Å². The predicted octanol–water partition coefficient (Wildman–Crippen LogP) is 2.94. The second-order valence-electron chi connectivity index (χ2n) is 6.71. The molecule has 5 nitrogen and oxygen atoms in total. The van der Waals surface area contributed by atoms with E-state index in [1.54, 1.807) is 24.3 Å². The fraction of sp³-hybridized carbons (Fsp3) is 0.421. The van der Waals surface area contributed by atoms with E-state index in [1.165, 1.54) is 37.1 Å². The van der Waals surface area contributed by atoms with Crippen LogP contribution in [0.2, 0.25) is 0 Å². The Hall–Kier alpha value is -2.61. The van der Waals surface area contributed by atoms with E-state index in [9.17, 15) is 4.79 Å². The molecule has 0 unspecified atom stereocenters. The number of aromatic nitrogens is 2. The summed E-state index contributed by atoms with van der Waals surface area (Å²) in [7, 11) is 0. The molecule has 0 bridgehead atoms. The minimum absolute atomic E-state index is 0.144. The fourth-order valence-corrected chi connectivity index (χ4v) is 3.02. The number of nitriles is 1. The topological polar surface area (TPSA) is 70.7 Å². The summed E-state index contributed by atoms with van der Waals surface area (Å²) >= 11 is 0. The van der Waals surface area contributed by atoms with Gasteiger partial charge in [-0.25, -0.2) is 0 Å². The third-order valence-electron chi connectivity index (χ3n) is 4.68. The highest BCUT2D eigenvalue weighted by Gasteiger charge is 2.32. The summed E-state index contributed by atoms with van der Waals surface area (Å²) < 4.78 is 2.08. The Balaban J connectivity index is 1.38. The third-order valence-corrected chi connectivity index (χ3v) is 4.68. The lowest BCUT2D eigenvalue weighted by molar-refractivity contribution is 0.0952. The minimum atomic E-state index is -0.144. The van der Waals surface area contributed by atoms with E-state index >= 15 is 0 Å². The number of amides is 1. The number of carbonyl (C=O) groups excluding carboxylic acids is 1. The number of hydrogen-bond donors (Lipinski definition) is 1. The second-order valence-corrected chi connectivity index (χ2v) is 6.71. The van der Waals surface area contributed by atoms with Crippen LogP contribution in [0.1, 0.15) is 64.8 Å². The number of carbonyl (C=O) groups is 1. The van der Waals surface area contributed by atoms with Crippen LogP contribution in [0.15, 0.2) is 30.3 Å². The zero-order chi connectivity index (χ0) is 16.5. The monoisotopic (exact) mass is 320 g/mol. The van der Waals surface area contributed by atoms with Crippen LogP contribution in [0.4, 0.5) is 0 Å². The third kappa shape index (κ3) is 3.18. The normalized spacial score (nSPS) is 16.6.